The third-order valence-electron chi connectivity index (χ3n) is 5.74. The molecule has 0 aliphatic carbocycles. The van der Waals surface area contributed by atoms with Crippen molar-refractivity contribution in [3.05, 3.63) is 29.4 Å². The molecule has 0 N–H and O–H groups in total. The van der Waals surface area contributed by atoms with Crippen LogP contribution in [0.2, 0.25) is 0 Å². The van der Waals surface area contributed by atoms with Crippen molar-refractivity contribution in [2.75, 3.05) is 51.4 Å². The fraction of sp³-hybridized carbons (Fsp3) is 0.619. The molecule has 0 atom stereocenters. The predicted molar refractivity (Wildman–Crippen MR) is 110 cm³/mol. The number of morpholine rings is 1. The van der Waals surface area contributed by atoms with E-state index in [9.17, 15) is 4.79 Å². The van der Waals surface area contributed by atoms with Gasteiger partial charge in [0, 0.05) is 62.8 Å². The quantitative estimate of drug-likeness (QED) is 0.707. The summed E-state index contributed by atoms with van der Waals surface area (Å²) >= 11 is 0. The lowest BCUT2D eigenvalue weighted by atomic mass is 9.95. The number of carbonyl (C=O) groups excluding carboxylic acids is 1. The number of nitrogens with zero attached hydrogens (tertiary/aromatic N) is 5. The third kappa shape index (κ3) is 4.89. The Morgan fingerprint density at radius 2 is 1.93 bits per heavy atom. The fourth-order valence-corrected chi connectivity index (χ4v) is 3.99. The van der Waals surface area contributed by atoms with Crippen molar-refractivity contribution in [1.82, 2.24) is 20.0 Å². The second-order valence-electron chi connectivity index (χ2n) is 7.82. The number of amides is 1. The topological polar surface area (TPSA) is 93.8 Å². The lowest BCUT2D eigenvalue weighted by Gasteiger charge is -2.32. The molecule has 30 heavy (non-hydrogen) atoms. The lowest BCUT2D eigenvalue weighted by molar-refractivity contribution is -0.132. The van der Waals surface area contributed by atoms with Crippen LogP contribution in [-0.2, 0) is 16.0 Å². The summed E-state index contributed by atoms with van der Waals surface area (Å²) in [4.78, 5) is 26.4. The summed E-state index contributed by atoms with van der Waals surface area (Å²) in [6.45, 7) is 6.67. The number of methoxy groups -OCH3 is 1. The minimum absolute atomic E-state index is 0.142. The molecule has 2 aromatic rings. The average Bonchev–Trinajstić information content (AvgIpc) is 3.26. The van der Waals surface area contributed by atoms with Crippen molar-refractivity contribution in [1.29, 1.82) is 0 Å². The first-order valence-corrected chi connectivity index (χ1v) is 10.6. The number of ether oxygens (including phenoxy) is 2. The van der Waals surface area contributed by atoms with Gasteiger partial charge in [-0.2, -0.15) is 0 Å². The van der Waals surface area contributed by atoms with Crippen LogP contribution in [0.15, 0.2) is 16.7 Å². The summed E-state index contributed by atoms with van der Waals surface area (Å²) in [6, 6.07) is 3.77. The molecular formula is C21H29N5O4. The standard InChI is InChI=1S/C21H29N5O4/c1-15-13-18(25-9-11-29-12-10-25)23-21(22-15)16-5-7-26(8-6-16)20(27)4-3-17-14-19(28-2)24-30-17/h13-14,16H,3-12H2,1-2H3. The Morgan fingerprint density at radius 3 is 2.63 bits per heavy atom. The van der Waals surface area contributed by atoms with E-state index in [1.165, 1.54) is 0 Å². The van der Waals surface area contributed by atoms with E-state index in [2.05, 4.69) is 10.1 Å². The molecular weight excluding hydrogens is 386 g/mol. The van der Waals surface area contributed by atoms with Crippen LogP contribution in [0.1, 0.15) is 42.5 Å². The van der Waals surface area contributed by atoms with Crippen LogP contribution in [0.25, 0.3) is 0 Å². The highest BCUT2D eigenvalue weighted by Crippen LogP contribution is 2.28. The number of piperidine rings is 1. The predicted octanol–water partition coefficient (Wildman–Crippen LogP) is 1.96. The molecule has 0 spiro atoms. The van der Waals surface area contributed by atoms with Gasteiger partial charge in [-0.3, -0.25) is 4.79 Å². The molecule has 0 saturated carbocycles. The van der Waals surface area contributed by atoms with E-state index in [0.29, 0.717) is 24.5 Å². The van der Waals surface area contributed by atoms with E-state index in [1.807, 2.05) is 17.9 Å². The van der Waals surface area contributed by atoms with Crippen LogP contribution in [0.5, 0.6) is 5.88 Å². The maximum Gasteiger partial charge on any atom is 0.254 e. The summed E-state index contributed by atoms with van der Waals surface area (Å²) < 4.78 is 15.6. The highest BCUT2D eigenvalue weighted by molar-refractivity contribution is 5.76. The molecule has 2 aliphatic rings. The van der Waals surface area contributed by atoms with Crippen LogP contribution >= 0.6 is 0 Å². The van der Waals surface area contributed by atoms with Gasteiger partial charge in [0.1, 0.15) is 17.4 Å². The number of carbonyl (C=O) groups is 1. The molecule has 9 heteroatoms. The van der Waals surface area contributed by atoms with Crippen LogP contribution in [0, 0.1) is 6.92 Å². The average molecular weight is 415 g/mol. The summed E-state index contributed by atoms with van der Waals surface area (Å²) in [6.07, 6.45) is 2.70. The fourth-order valence-electron chi connectivity index (χ4n) is 3.99. The van der Waals surface area contributed by atoms with Gasteiger partial charge in [0.25, 0.3) is 5.88 Å². The van der Waals surface area contributed by atoms with Crippen molar-refractivity contribution in [3.8, 4) is 5.88 Å². The molecule has 2 aliphatic heterocycles. The Bertz CT molecular complexity index is 857. The molecule has 0 bridgehead atoms. The van der Waals surface area contributed by atoms with Gasteiger partial charge in [0.2, 0.25) is 5.91 Å². The van der Waals surface area contributed by atoms with E-state index >= 15 is 0 Å². The molecule has 1 amide bonds. The van der Waals surface area contributed by atoms with Crippen molar-refractivity contribution in [2.24, 2.45) is 0 Å². The maximum atomic E-state index is 12.6. The Labute approximate surface area is 176 Å². The minimum Gasteiger partial charge on any atom is -0.479 e. The van der Waals surface area contributed by atoms with Crippen LogP contribution in [0.4, 0.5) is 5.82 Å². The number of hydrogen-bond acceptors (Lipinski definition) is 8. The molecule has 162 valence electrons. The SMILES string of the molecule is COc1cc(CCC(=O)N2CCC(c3nc(C)cc(N4CCOCC4)n3)CC2)on1. The van der Waals surface area contributed by atoms with Crippen molar-refractivity contribution in [2.45, 2.75) is 38.5 Å². The van der Waals surface area contributed by atoms with Gasteiger partial charge in [-0.25, -0.2) is 9.97 Å². The molecule has 0 unspecified atom stereocenters. The number of aromatic nitrogens is 3. The molecule has 2 fully saturated rings. The van der Waals surface area contributed by atoms with E-state index in [0.717, 1.165) is 69.6 Å². The molecule has 2 aromatic heterocycles. The second kappa shape index (κ2) is 9.42. The summed E-state index contributed by atoms with van der Waals surface area (Å²) in [5, 5.41) is 3.77. The van der Waals surface area contributed by atoms with Gasteiger partial charge >= 0.3 is 0 Å². The summed E-state index contributed by atoms with van der Waals surface area (Å²) in [5.41, 5.74) is 0.988. The zero-order valence-corrected chi connectivity index (χ0v) is 17.7. The Hall–Kier alpha value is -2.68. The first kappa shape index (κ1) is 20.6. The van der Waals surface area contributed by atoms with Crippen molar-refractivity contribution < 1.29 is 18.8 Å². The normalized spacial score (nSPS) is 17.9. The minimum atomic E-state index is 0.142. The van der Waals surface area contributed by atoms with Crippen LogP contribution < -0.4 is 9.64 Å². The molecule has 0 radical (unpaired) electrons. The van der Waals surface area contributed by atoms with Gasteiger partial charge in [-0.15, -0.1) is 0 Å². The molecule has 2 saturated heterocycles. The maximum absolute atomic E-state index is 12.6. The van der Waals surface area contributed by atoms with Crippen LogP contribution in [0.3, 0.4) is 0 Å². The van der Waals surface area contributed by atoms with E-state index in [4.69, 9.17) is 24.0 Å². The van der Waals surface area contributed by atoms with Crippen molar-refractivity contribution >= 4 is 11.7 Å². The van der Waals surface area contributed by atoms with Crippen molar-refractivity contribution in [3.63, 3.8) is 0 Å². The zero-order valence-electron chi connectivity index (χ0n) is 17.7. The highest BCUT2D eigenvalue weighted by atomic mass is 16.5. The van der Waals surface area contributed by atoms with Gasteiger partial charge in [-0.05, 0) is 24.9 Å². The van der Waals surface area contributed by atoms with Gasteiger partial charge < -0.3 is 23.8 Å². The Morgan fingerprint density at radius 1 is 1.17 bits per heavy atom. The van der Waals surface area contributed by atoms with E-state index < -0.39 is 0 Å². The summed E-state index contributed by atoms with van der Waals surface area (Å²) in [7, 11) is 1.54. The first-order valence-electron chi connectivity index (χ1n) is 10.6. The molecule has 9 nitrogen and oxygen atoms in total. The first-order chi connectivity index (χ1) is 14.6. The molecule has 4 heterocycles. The molecule has 0 aromatic carbocycles. The zero-order chi connectivity index (χ0) is 20.9. The Kier molecular flexibility index (Phi) is 6.47. The number of rotatable bonds is 6. The number of hydrogen-bond donors (Lipinski definition) is 0. The van der Waals surface area contributed by atoms with Gasteiger partial charge in [0.05, 0.1) is 20.3 Å². The monoisotopic (exact) mass is 415 g/mol. The third-order valence-corrected chi connectivity index (χ3v) is 5.74. The second-order valence-corrected chi connectivity index (χ2v) is 7.82. The summed E-state index contributed by atoms with van der Waals surface area (Å²) in [5.74, 6) is 3.42. The van der Waals surface area contributed by atoms with E-state index in [1.54, 1.807) is 13.2 Å². The van der Waals surface area contributed by atoms with Crippen LogP contribution in [-0.4, -0.2) is 72.4 Å². The number of likely N-dealkylation sites (tertiary alicyclic amines) is 1. The lowest BCUT2D eigenvalue weighted by Crippen LogP contribution is -2.39. The number of aryl methyl sites for hydroxylation is 2. The smallest absolute Gasteiger partial charge is 0.254 e. The number of anilines is 1. The largest absolute Gasteiger partial charge is 0.479 e. The van der Waals surface area contributed by atoms with E-state index in [-0.39, 0.29) is 11.8 Å². The molecule has 4 rings (SSSR count). The van der Waals surface area contributed by atoms with Gasteiger partial charge in [-0.1, -0.05) is 0 Å². The Balaban J connectivity index is 1.31. The van der Waals surface area contributed by atoms with Gasteiger partial charge in [0.15, 0.2) is 0 Å². The highest BCUT2D eigenvalue weighted by Gasteiger charge is 2.26.